The van der Waals surface area contributed by atoms with Gasteiger partial charge >= 0.3 is 0 Å². The van der Waals surface area contributed by atoms with Crippen molar-refractivity contribution in [3.05, 3.63) is 41.0 Å². The highest BCUT2D eigenvalue weighted by atomic mass is 16.2. The van der Waals surface area contributed by atoms with Crippen LogP contribution in [0.15, 0.2) is 34.9 Å². The van der Waals surface area contributed by atoms with Crippen LogP contribution in [0, 0.1) is 0 Å². The topological polar surface area (TPSA) is 41.5 Å². The maximum absolute atomic E-state index is 11.2. The van der Waals surface area contributed by atoms with Gasteiger partial charge in [-0.05, 0) is 11.6 Å². The van der Waals surface area contributed by atoms with E-state index in [-0.39, 0.29) is 5.91 Å². The highest BCUT2D eigenvalue weighted by Gasteiger charge is 2.29. The van der Waals surface area contributed by atoms with E-state index in [0.717, 1.165) is 16.8 Å². The molecular formula is C10H6N2O. The van der Waals surface area contributed by atoms with Gasteiger partial charge in [-0.15, -0.1) is 0 Å². The Hall–Kier alpha value is -1.90. The van der Waals surface area contributed by atoms with E-state index >= 15 is 0 Å². The number of hydrogen-bond donors (Lipinski definition) is 1. The van der Waals surface area contributed by atoms with Crippen LogP contribution < -0.4 is 5.43 Å². The molecule has 62 valence electrons. The number of amides is 1. The van der Waals surface area contributed by atoms with Crippen molar-refractivity contribution in [3.8, 4) is 0 Å². The fourth-order valence-electron chi connectivity index (χ4n) is 1.67. The Bertz CT molecular complexity index is 472. The van der Waals surface area contributed by atoms with E-state index in [1.54, 1.807) is 0 Å². The van der Waals surface area contributed by atoms with Gasteiger partial charge < -0.3 is 0 Å². The summed E-state index contributed by atoms with van der Waals surface area (Å²) in [7, 11) is 0. The lowest BCUT2D eigenvalue weighted by atomic mass is 10.1. The summed E-state index contributed by atoms with van der Waals surface area (Å²) >= 11 is 0. The number of benzene rings is 1. The minimum Gasteiger partial charge on any atom is -0.267 e. The summed E-state index contributed by atoms with van der Waals surface area (Å²) in [4.78, 5) is 11.2. The smallest absolute Gasteiger partial charge is 0.267 e. The third kappa shape index (κ3) is 0.731. The molecule has 0 bridgehead atoms. The molecule has 1 aromatic carbocycles. The highest BCUT2D eigenvalue weighted by Crippen LogP contribution is 2.27. The van der Waals surface area contributed by atoms with Gasteiger partial charge in [0.25, 0.3) is 5.91 Å². The number of rotatable bonds is 0. The predicted octanol–water partition coefficient (Wildman–Crippen LogP) is 0.917. The fraction of sp³-hybridized carbons (Fsp3) is 0. The zero-order valence-corrected chi connectivity index (χ0v) is 6.74. The van der Waals surface area contributed by atoms with Gasteiger partial charge in [-0.3, -0.25) is 4.79 Å². The van der Waals surface area contributed by atoms with Crippen molar-refractivity contribution in [2.24, 2.45) is 5.10 Å². The van der Waals surface area contributed by atoms with E-state index in [2.05, 4.69) is 10.5 Å². The van der Waals surface area contributed by atoms with Crippen LogP contribution in [0.5, 0.6) is 0 Å². The number of carbonyl (C=O) groups excluding carboxylic acids is 1. The van der Waals surface area contributed by atoms with Gasteiger partial charge in [-0.1, -0.05) is 24.3 Å². The first kappa shape index (κ1) is 6.60. The van der Waals surface area contributed by atoms with Gasteiger partial charge in [-0.25, -0.2) is 5.43 Å². The predicted molar refractivity (Wildman–Crippen MR) is 49.1 cm³/mol. The zero-order chi connectivity index (χ0) is 8.84. The second-order valence-electron chi connectivity index (χ2n) is 3.05. The van der Waals surface area contributed by atoms with Crippen LogP contribution in [0.4, 0.5) is 0 Å². The van der Waals surface area contributed by atoms with Crippen molar-refractivity contribution >= 4 is 17.7 Å². The Morgan fingerprint density at radius 3 is 3.00 bits per heavy atom. The van der Waals surface area contributed by atoms with Gasteiger partial charge in [0.05, 0.1) is 5.57 Å². The summed E-state index contributed by atoms with van der Waals surface area (Å²) in [6.07, 6.45) is 1.87. The van der Waals surface area contributed by atoms with Crippen molar-refractivity contribution in [2.45, 2.75) is 0 Å². The molecule has 3 rings (SSSR count). The van der Waals surface area contributed by atoms with Crippen LogP contribution in [0.2, 0.25) is 0 Å². The Morgan fingerprint density at radius 1 is 1.23 bits per heavy atom. The SMILES string of the molecule is O=C1NN=C2C1=Cc1ccccc12. The average Bonchev–Trinajstić information content (AvgIpc) is 2.67. The first-order valence-corrected chi connectivity index (χ1v) is 4.06. The van der Waals surface area contributed by atoms with Crippen LogP contribution in [0.1, 0.15) is 11.1 Å². The minimum absolute atomic E-state index is 0.105. The lowest BCUT2D eigenvalue weighted by molar-refractivity contribution is -0.116. The Balaban J connectivity index is 2.29. The van der Waals surface area contributed by atoms with Crippen LogP contribution in [-0.2, 0) is 4.79 Å². The lowest BCUT2D eigenvalue weighted by Crippen LogP contribution is -2.11. The fourth-order valence-corrected chi connectivity index (χ4v) is 1.67. The molecule has 1 aliphatic carbocycles. The molecule has 1 aliphatic heterocycles. The van der Waals surface area contributed by atoms with E-state index < -0.39 is 0 Å². The Morgan fingerprint density at radius 2 is 2.08 bits per heavy atom. The third-order valence-corrected chi connectivity index (χ3v) is 2.28. The number of hydrogen-bond acceptors (Lipinski definition) is 2. The van der Waals surface area contributed by atoms with Crippen molar-refractivity contribution in [1.82, 2.24) is 5.43 Å². The van der Waals surface area contributed by atoms with Crippen molar-refractivity contribution < 1.29 is 4.79 Å². The molecular weight excluding hydrogens is 164 g/mol. The van der Waals surface area contributed by atoms with Crippen molar-refractivity contribution in [3.63, 3.8) is 0 Å². The number of nitrogens with one attached hydrogen (secondary N) is 1. The number of carbonyl (C=O) groups is 1. The molecule has 13 heavy (non-hydrogen) atoms. The first-order valence-electron chi connectivity index (χ1n) is 4.06. The molecule has 0 atom stereocenters. The number of fused-ring (bicyclic) bond motifs is 3. The molecule has 1 N–H and O–H groups in total. The minimum atomic E-state index is -0.105. The normalized spacial score (nSPS) is 17.4. The first-order chi connectivity index (χ1) is 6.36. The molecule has 0 spiro atoms. The van der Waals surface area contributed by atoms with E-state index in [1.165, 1.54) is 0 Å². The monoisotopic (exact) mass is 170 g/mol. The van der Waals surface area contributed by atoms with Gasteiger partial charge in [0.1, 0.15) is 5.71 Å². The number of hydrazone groups is 1. The average molecular weight is 170 g/mol. The molecule has 0 saturated heterocycles. The van der Waals surface area contributed by atoms with E-state index in [9.17, 15) is 4.79 Å². The molecule has 1 heterocycles. The van der Waals surface area contributed by atoms with Gasteiger partial charge in [0.2, 0.25) is 0 Å². The van der Waals surface area contributed by atoms with E-state index in [4.69, 9.17) is 0 Å². The van der Waals surface area contributed by atoms with E-state index in [0.29, 0.717) is 5.57 Å². The van der Waals surface area contributed by atoms with Crippen LogP contribution in [0.25, 0.3) is 6.08 Å². The standard InChI is InChI=1S/C10H6N2O/c13-10-8-5-6-3-1-2-4-7(6)9(8)11-12-10/h1-5H,(H,12,13). The second-order valence-corrected chi connectivity index (χ2v) is 3.05. The summed E-state index contributed by atoms with van der Waals surface area (Å²) in [6, 6.07) is 7.85. The number of nitrogens with zero attached hydrogens (tertiary/aromatic N) is 1. The zero-order valence-electron chi connectivity index (χ0n) is 6.74. The van der Waals surface area contributed by atoms with Crippen LogP contribution >= 0.6 is 0 Å². The second kappa shape index (κ2) is 2.07. The molecule has 2 aliphatic rings. The van der Waals surface area contributed by atoms with Crippen LogP contribution in [-0.4, -0.2) is 11.6 Å². The molecule has 0 saturated carbocycles. The summed E-state index contributed by atoms with van der Waals surface area (Å²) in [5.41, 5.74) is 6.02. The third-order valence-electron chi connectivity index (χ3n) is 2.28. The highest BCUT2D eigenvalue weighted by molar-refractivity contribution is 6.36. The quantitative estimate of drug-likeness (QED) is 0.618. The molecule has 1 aromatic rings. The summed E-state index contributed by atoms with van der Waals surface area (Å²) < 4.78 is 0. The Kier molecular flexibility index (Phi) is 1.05. The Labute approximate surface area is 74.8 Å². The van der Waals surface area contributed by atoms with Crippen LogP contribution in [0.3, 0.4) is 0 Å². The van der Waals surface area contributed by atoms with Gasteiger partial charge in [0.15, 0.2) is 0 Å². The lowest BCUT2D eigenvalue weighted by Gasteiger charge is -1.95. The summed E-state index contributed by atoms with van der Waals surface area (Å²) in [5.74, 6) is -0.105. The molecule has 0 unspecified atom stereocenters. The molecule has 1 amide bonds. The molecule has 0 radical (unpaired) electrons. The summed E-state index contributed by atoms with van der Waals surface area (Å²) in [5, 5.41) is 3.97. The van der Waals surface area contributed by atoms with Crippen molar-refractivity contribution in [1.29, 1.82) is 0 Å². The van der Waals surface area contributed by atoms with Gasteiger partial charge in [0, 0.05) is 5.56 Å². The molecule has 3 nitrogen and oxygen atoms in total. The maximum atomic E-state index is 11.2. The molecule has 0 aromatic heterocycles. The molecule has 3 heteroatoms. The van der Waals surface area contributed by atoms with Crippen molar-refractivity contribution in [2.75, 3.05) is 0 Å². The van der Waals surface area contributed by atoms with E-state index in [1.807, 2.05) is 30.3 Å². The molecule has 0 fully saturated rings. The largest absolute Gasteiger partial charge is 0.273 e. The maximum Gasteiger partial charge on any atom is 0.273 e. The summed E-state index contributed by atoms with van der Waals surface area (Å²) in [6.45, 7) is 0. The van der Waals surface area contributed by atoms with Gasteiger partial charge in [-0.2, -0.15) is 5.10 Å².